The first kappa shape index (κ1) is 12.7. The number of aryl methyl sites for hydroxylation is 1. The molecule has 2 heterocycles. The van der Waals surface area contributed by atoms with Gasteiger partial charge in [-0.3, -0.25) is 4.79 Å². The van der Waals surface area contributed by atoms with Crippen molar-refractivity contribution in [1.29, 1.82) is 0 Å². The summed E-state index contributed by atoms with van der Waals surface area (Å²) in [4.78, 5) is 16.4. The molecule has 2 aromatic rings. The molecule has 0 aliphatic heterocycles. The maximum atomic E-state index is 11.8. The van der Waals surface area contributed by atoms with Gasteiger partial charge in [-0.25, -0.2) is 0 Å². The Morgan fingerprint density at radius 2 is 2.35 bits per heavy atom. The Morgan fingerprint density at radius 3 is 2.88 bits per heavy atom. The van der Waals surface area contributed by atoms with Gasteiger partial charge in [-0.2, -0.15) is 4.98 Å². The molecule has 0 aliphatic carbocycles. The average molecular weight is 381 g/mol. The largest absolute Gasteiger partial charge is 0.342 e. The van der Waals surface area contributed by atoms with Crippen molar-refractivity contribution in [2.75, 3.05) is 0 Å². The highest BCUT2D eigenvalue weighted by atomic mass is 79.9. The van der Waals surface area contributed by atoms with Gasteiger partial charge in [0.25, 0.3) is 5.91 Å². The van der Waals surface area contributed by atoms with Gasteiger partial charge in [0.2, 0.25) is 5.89 Å². The van der Waals surface area contributed by atoms with Gasteiger partial charge in [0.1, 0.15) is 0 Å². The molecule has 0 bridgehead atoms. The first-order chi connectivity index (χ1) is 8.06. The van der Waals surface area contributed by atoms with Crippen LogP contribution in [0.4, 0.5) is 0 Å². The van der Waals surface area contributed by atoms with Crippen LogP contribution in [0.25, 0.3) is 0 Å². The van der Waals surface area contributed by atoms with Crippen molar-refractivity contribution in [3.8, 4) is 0 Å². The Morgan fingerprint density at radius 1 is 1.59 bits per heavy atom. The summed E-state index contributed by atoms with van der Waals surface area (Å²) < 4.78 is 6.64. The van der Waals surface area contributed by atoms with Crippen molar-refractivity contribution in [3.63, 3.8) is 0 Å². The van der Waals surface area contributed by atoms with E-state index in [1.54, 1.807) is 13.0 Å². The quantitative estimate of drug-likeness (QED) is 0.888. The monoisotopic (exact) mass is 379 g/mol. The molecule has 0 spiro atoms. The Labute approximate surface area is 118 Å². The molecule has 0 unspecified atom stereocenters. The third-order valence-corrected chi connectivity index (χ3v) is 5.09. The van der Waals surface area contributed by atoms with Crippen LogP contribution in [-0.4, -0.2) is 16.0 Å². The normalized spacial score (nSPS) is 10.5. The summed E-state index contributed by atoms with van der Waals surface area (Å²) in [5.41, 5.74) is 0. The van der Waals surface area contributed by atoms with Gasteiger partial charge in [0, 0.05) is 4.47 Å². The van der Waals surface area contributed by atoms with Gasteiger partial charge < -0.3 is 9.84 Å². The van der Waals surface area contributed by atoms with E-state index in [1.165, 1.54) is 11.3 Å². The first-order valence-corrected chi connectivity index (χ1v) is 6.98. The van der Waals surface area contributed by atoms with E-state index in [1.807, 2.05) is 0 Å². The second-order valence-electron chi connectivity index (χ2n) is 3.15. The number of aromatic nitrogens is 2. The van der Waals surface area contributed by atoms with Crippen LogP contribution in [0.1, 0.15) is 21.4 Å². The molecule has 0 fully saturated rings. The molecular weight excluding hydrogens is 374 g/mol. The Bertz CT molecular complexity index is 533. The zero-order valence-electron chi connectivity index (χ0n) is 8.66. The van der Waals surface area contributed by atoms with E-state index < -0.39 is 0 Å². The summed E-state index contributed by atoms with van der Waals surface area (Å²) in [6.45, 7) is 1.95. The first-order valence-electron chi connectivity index (χ1n) is 4.58. The fourth-order valence-corrected chi connectivity index (χ4v) is 3.07. The molecule has 0 saturated heterocycles. The van der Waals surface area contributed by atoms with Gasteiger partial charge in [-0.15, -0.1) is 11.3 Å². The van der Waals surface area contributed by atoms with Crippen LogP contribution in [0.3, 0.4) is 0 Å². The number of nitrogens with zero attached hydrogens (tertiary/aromatic N) is 2. The second-order valence-corrected chi connectivity index (χ2v) is 6.37. The van der Waals surface area contributed by atoms with Crippen molar-refractivity contribution >= 4 is 49.1 Å². The lowest BCUT2D eigenvalue weighted by molar-refractivity contribution is 0.0950. The number of halogens is 2. The molecule has 0 aliphatic rings. The SMILES string of the molecule is Cc1noc(CNC(=O)c2cc(Br)c(Br)s2)n1. The lowest BCUT2D eigenvalue weighted by atomic mass is 10.4. The van der Waals surface area contributed by atoms with E-state index >= 15 is 0 Å². The van der Waals surface area contributed by atoms with Crippen molar-refractivity contribution in [3.05, 3.63) is 30.9 Å². The molecule has 1 N–H and O–H groups in total. The van der Waals surface area contributed by atoms with Crippen LogP contribution in [-0.2, 0) is 6.54 Å². The highest BCUT2D eigenvalue weighted by Crippen LogP contribution is 2.32. The van der Waals surface area contributed by atoms with E-state index in [2.05, 4.69) is 47.3 Å². The summed E-state index contributed by atoms with van der Waals surface area (Å²) in [6.07, 6.45) is 0. The molecule has 17 heavy (non-hydrogen) atoms. The molecule has 0 radical (unpaired) electrons. The van der Waals surface area contributed by atoms with Crippen LogP contribution in [0.15, 0.2) is 18.8 Å². The van der Waals surface area contributed by atoms with Gasteiger partial charge in [-0.1, -0.05) is 5.16 Å². The third-order valence-electron chi connectivity index (χ3n) is 1.84. The minimum atomic E-state index is -0.169. The Balaban J connectivity index is 1.98. The highest BCUT2D eigenvalue weighted by Gasteiger charge is 2.12. The van der Waals surface area contributed by atoms with Gasteiger partial charge in [-0.05, 0) is 44.8 Å². The highest BCUT2D eigenvalue weighted by molar-refractivity contribution is 9.13. The molecule has 1 amide bonds. The number of rotatable bonds is 3. The zero-order valence-corrected chi connectivity index (χ0v) is 12.6. The molecule has 2 rings (SSSR count). The average Bonchev–Trinajstić information content (AvgIpc) is 2.83. The smallest absolute Gasteiger partial charge is 0.261 e. The number of hydrogen-bond acceptors (Lipinski definition) is 5. The fraction of sp³-hybridized carbons (Fsp3) is 0.222. The van der Waals surface area contributed by atoms with Crippen molar-refractivity contribution in [2.45, 2.75) is 13.5 Å². The third kappa shape index (κ3) is 3.14. The van der Waals surface area contributed by atoms with Crippen molar-refractivity contribution in [1.82, 2.24) is 15.5 Å². The topological polar surface area (TPSA) is 68.0 Å². The van der Waals surface area contributed by atoms with Gasteiger partial charge >= 0.3 is 0 Å². The van der Waals surface area contributed by atoms with E-state index in [4.69, 9.17) is 4.52 Å². The number of thiophene rings is 1. The van der Waals surface area contributed by atoms with Crippen LogP contribution in [0.2, 0.25) is 0 Å². The molecular formula is C9H7Br2N3O2S. The van der Waals surface area contributed by atoms with Crippen LogP contribution >= 0.6 is 43.2 Å². The van der Waals surface area contributed by atoms with E-state index in [-0.39, 0.29) is 12.5 Å². The van der Waals surface area contributed by atoms with Crippen molar-refractivity contribution in [2.24, 2.45) is 0 Å². The minimum absolute atomic E-state index is 0.169. The van der Waals surface area contributed by atoms with E-state index in [0.717, 1.165) is 8.26 Å². The maximum absolute atomic E-state index is 11.8. The van der Waals surface area contributed by atoms with Crippen molar-refractivity contribution < 1.29 is 9.32 Å². The minimum Gasteiger partial charge on any atom is -0.342 e. The fourth-order valence-electron chi connectivity index (χ4n) is 1.11. The Kier molecular flexibility index (Phi) is 3.95. The summed E-state index contributed by atoms with van der Waals surface area (Å²) in [7, 11) is 0. The van der Waals surface area contributed by atoms with E-state index in [0.29, 0.717) is 16.6 Å². The van der Waals surface area contributed by atoms with Gasteiger partial charge in [0.15, 0.2) is 5.82 Å². The lowest BCUT2D eigenvalue weighted by Gasteiger charge is -1.98. The molecule has 5 nitrogen and oxygen atoms in total. The number of amides is 1. The molecule has 0 saturated carbocycles. The Hall–Kier alpha value is -0.730. The number of carbonyl (C=O) groups is 1. The summed E-state index contributed by atoms with van der Waals surface area (Å²) in [6, 6.07) is 1.75. The van der Waals surface area contributed by atoms with Crippen LogP contribution in [0, 0.1) is 6.92 Å². The van der Waals surface area contributed by atoms with Crippen LogP contribution < -0.4 is 5.32 Å². The predicted octanol–water partition coefficient (Wildman–Crippen LogP) is 2.89. The number of carbonyl (C=O) groups excluding carboxylic acids is 1. The molecule has 0 aromatic carbocycles. The van der Waals surface area contributed by atoms with E-state index in [9.17, 15) is 4.79 Å². The van der Waals surface area contributed by atoms with Gasteiger partial charge in [0.05, 0.1) is 15.2 Å². The number of nitrogens with one attached hydrogen (secondary N) is 1. The van der Waals surface area contributed by atoms with Crippen LogP contribution in [0.5, 0.6) is 0 Å². The summed E-state index contributed by atoms with van der Waals surface area (Å²) in [5.74, 6) is 0.777. The molecule has 90 valence electrons. The molecule has 2 aromatic heterocycles. The standard InChI is InChI=1S/C9H7Br2N3O2S/c1-4-13-7(16-14-4)3-12-9(15)6-2-5(10)8(11)17-6/h2H,3H2,1H3,(H,12,15). The number of hydrogen-bond donors (Lipinski definition) is 1. The zero-order chi connectivity index (χ0) is 12.4. The molecule has 8 heteroatoms. The lowest BCUT2D eigenvalue weighted by Crippen LogP contribution is -2.21. The molecule has 0 atom stereocenters. The maximum Gasteiger partial charge on any atom is 0.261 e. The predicted molar refractivity (Wildman–Crippen MR) is 69.9 cm³/mol. The summed E-state index contributed by atoms with van der Waals surface area (Å²) in [5, 5.41) is 6.34. The summed E-state index contributed by atoms with van der Waals surface area (Å²) >= 11 is 8.01. The second kappa shape index (κ2) is 5.28.